The smallest absolute Gasteiger partial charge is 0.310 e. The second-order valence-corrected chi connectivity index (χ2v) is 4.58. The Labute approximate surface area is 90.1 Å². The van der Waals surface area contributed by atoms with E-state index in [-0.39, 0.29) is 42.4 Å². The largest absolute Gasteiger partial charge is 0.461 e. The number of hydrogen-bond acceptors (Lipinski definition) is 3. The first kappa shape index (κ1) is 10.7. The zero-order valence-electron chi connectivity index (χ0n) is 9.22. The van der Waals surface area contributed by atoms with Crippen LogP contribution in [-0.4, -0.2) is 23.8 Å². The summed E-state index contributed by atoms with van der Waals surface area (Å²) in [4.78, 5) is 11.7. The minimum atomic E-state index is -0.125. The van der Waals surface area contributed by atoms with Gasteiger partial charge in [0, 0.05) is 18.4 Å². The molecule has 1 aliphatic carbocycles. The van der Waals surface area contributed by atoms with Crippen LogP contribution in [-0.2, 0) is 9.53 Å². The van der Waals surface area contributed by atoms with Gasteiger partial charge < -0.3 is 9.84 Å². The molecule has 2 aliphatic rings. The maximum atomic E-state index is 11.7. The Morgan fingerprint density at radius 3 is 2.80 bits per heavy atom. The third kappa shape index (κ3) is 1.59. The maximum absolute atomic E-state index is 11.7. The van der Waals surface area contributed by atoms with Crippen molar-refractivity contribution in [3.8, 4) is 0 Å². The Balaban J connectivity index is 2.27. The van der Waals surface area contributed by atoms with Gasteiger partial charge in [0.2, 0.25) is 0 Å². The van der Waals surface area contributed by atoms with Gasteiger partial charge in [-0.3, -0.25) is 4.79 Å². The summed E-state index contributed by atoms with van der Waals surface area (Å²) in [7, 11) is 0. The van der Waals surface area contributed by atoms with Crippen molar-refractivity contribution < 1.29 is 14.6 Å². The Bertz CT molecular complexity index is 285. The van der Waals surface area contributed by atoms with Crippen LogP contribution in [0.3, 0.4) is 0 Å². The van der Waals surface area contributed by atoms with Crippen molar-refractivity contribution in [2.75, 3.05) is 6.61 Å². The highest BCUT2D eigenvalue weighted by Gasteiger charge is 2.49. The minimum absolute atomic E-state index is 0.0142. The molecule has 84 valence electrons. The number of fused-ring (bicyclic) bond motifs is 1. The van der Waals surface area contributed by atoms with Crippen molar-refractivity contribution in [3.05, 3.63) is 12.2 Å². The van der Waals surface area contributed by atoms with E-state index in [0.29, 0.717) is 0 Å². The summed E-state index contributed by atoms with van der Waals surface area (Å²) in [6, 6.07) is 0. The quantitative estimate of drug-likeness (QED) is 0.553. The Morgan fingerprint density at radius 1 is 1.47 bits per heavy atom. The molecule has 0 aromatic carbocycles. The van der Waals surface area contributed by atoms with E-state index in [1.807, 2.05) is 13.8 Å². The average molecular weight is 210 g/mol. The predicted octanol–water partition coefficient (Wildman–Crippen LogP) is 1.37. The summed E-state index contributed by atoms with van der Waals surface area (Å²) >= 11 is 0. The number of rotatable bonds is 2. The molecular formula is C12H18O3. The van der Waals surface area contributed by atoms with Gasteiger partial charge in [0.25, 0.3) is 0 Å². The number of aliphatic hydroxyl groups excluding tert-OH is 1. The van der Waals surface area contributed by atoms with Crippen LogP contribution in [0.1, 0.15) is 20.3 Å². The fourth-order valence-corrected chi connectivity index (χ4v) is 2.81. The lowest BCUT2D eigenvalue weighted by molar-refractivity contribution is -0.146. The van der Waals surface area contributed by atoms with Crippen molar-refractivity contribution in [1.29, 1.82) is 0 Å². The van der Waals surface area contributed by atoms with Gasteiger partial charge >= 0.3 is 5.97 Å². The van der Waals surface area contributed by atoms with Crippen LogP contribution in [0.4, 0.5) is 0 Å². The number of cyclic esters (lactones) is 1. The molecule has 1 heterocycles. The summed E-state index contributed by atoms with van der Waals surface area (Å²) in [5, 5.41) is 9.34. The summed E-state index contributed by atoms with van der Waals surface area (Å²) in [5.74, 6) is 0.223. The second kappa shape index (κ2) is 3.97. The number of carbonyl (C=O) groups excluding carboxylic acids is 1. The molecule has 1 aliphatic heterocycles. The van der Waals surface area contributed by atoms with E-state index in [4.69, 9.17) is 4.74 Å². The van der Waals surface area contributed by atoms with Gasteiger partial charge in [-0.15, -0.1) is 0 Å². The number of esters is 1. The van der Waals surface area contributed by atoms with Crippen molar-refractivity contribution in [1.82, 2.24) is 0 Å². The highest BCUT2D eigenvalue weighted by molar-refractivity contribution is 5.76. The van der Waals surface area contributed by atoms with Gasteiger partial charge in [-0.05, 0) is 12.3 Å². The fourth-order valence-electron chi connectivity index (χ4n) is 2.81. The van der Waals surface area contributed by atoms with Crippen LogP contribution < -0.4 is 0 Å². The third-order valence-electron chi connectivity index (χ3n) is 3.77. The van der Waals surface area contributed by atoms with Gasteiger partial charge in [0.15, 0.2) is 0 Å². The van der Waals surface area contributed by atoms with Gasteiger partial charge in [0.05, 0.1) is 5.92 Å². The van der Waals surface area contributed by atoms with Crippen LogP contribution in [0.5, 0.6) is 0 Å². The molecule has 0 radical (unpaired) electrons. The van der Waals surface area contributed by atoms with E-state index in [1.54, 1.807) is 0 Å². The molecule has 3 heteroatoms. The summed E-state index contributed by atoms with van der Waals surface area (Å²) in [6.07, 6.45) is 5.07. The second-order valence-electron chi connectivity index (χ2n) is 4.58. The monoisotopic (exact) mass is 210 g/mol. The molecule has 3 nitrogen and oxygen atoms in total. The van der Waals surface area contributed by atoms with Crippen LogP contribution in [0, 0.1) is 23.7 Å². The molecule has 0 saturated carbocycles. The van der Waals surface area contributed by atoms with E-state index in [9.17, 15) is 9.90 Å². The van der Waals surface area contributed by atoms with Crippen LogP contribution in [0.25, 0.3) is 0 Å². The minimum Gasteiger partial charge on any atom is -0.461 e. The van der Waals surface area contributed by atoms with Crippen molar-refractivity contribution >= 4 is 5.97 Å². The zero-order chi connectivity index (χ0) is 11.0. The molecule has 1 fully saturated rings. The molecule has 15 heavy (non-hydrogen) atoms. The van der Waals surface area contributed by atoms with Gasteiger partial charge in [0.1, 0.15) is 6.10 Å². The molecule has 1 N–H and O–H groups in total. The van der Waals surface area contributed by atoms with Crippen LogP contribution in [0.2, 0.25) is 0 Å². The van der Waals surface area contributed by atoms with Gasteiger partial charge in [-0.1, -0.05) is 26.0 Å². The average Bonchev–Trinajstić information content (AvgIpc) is 2.56. The van der Waals surface area contributed by atoms with E-state index >= 15 is 0 Å². The summed E-state index contributed by atoms with van der Waals surface area (Å²) in [6.45, 7) is 4.14. The molecule has 1 saturated heterocycles. The lowest BCUT2D eigenvalue weighted by atomic mass is 9.71. The first-order valence-corrected chi connectivity index (χ1v) is 5.68. The molecule has 0 spiro atoms. The van der Waals surface area contributed by atoms with Crippen molar-refractivity contribution in [3.63, 3.8) is 0 Å². The summed E-state index contributed by atoms with van der Waals surface area (Å²) in [5.41, 5.74) is 0. The van der Waals surface area contributed by atoms with E-state index < -0.39 is 0 Å². The number of hydrogen-bond donors (Lipinski definition) is 1. The van der Waals surface area contributed by atoms with E-state index in [1.165, 1.54) is 0 Å². The Kier molecular flexibility index (Phi) is 2.83. The summed E-state index contributed by atoms with van der Waals surface area (Å²) < 4.78 is 5.34. The van der Waals surface area contributed by atoms with Crippen molar-refractivity contribution in [2.24, 2.45) is 23.7 Å². The molecular weight excluding hydrogens is 192 g/mol. The molecule has 0 aromatic rings. The number of carbonyl (C=O) groups is 1. The van der Waals surface area contributed by atoms with E-state index in [0.717, 1.165) is 6.42 Å². The molecule has 5 atom stereocenters. The molecule has 2 rings (SSSR count). The fraction of sp³-hybridized carbons (Fsp3) is 0.750. The number of aliphatic hydroxyl groups is 1. The number of allylic oxidation sites excluding steroid dienone is 1. The molecule has 0 aromatic heterocycles. The van der Waals surface area contributed by atoms with Crippen LogP contribution in [0.15, 0.2) is 12.2 Å². The highest BCUT2D eigenvalue weighted by Crippen LogP contribution is 2.42. The lowest BCUT2D eigenvalue weighted by Crippen LogP contribution is -2.35. The zero-order valence-corrected chi connectivity index (χ0v) is 9.22. The highest BCUT2D eigenvalue weighted by atomic mass is 16.6. The molecule has 0 bridgehead atoms. The van der Waals surface area contributed by atoms with Gasteiger partial charge in [-0.2, -0.15) is 0 Å². The Morgan fingerprint density at radius 2 is 2.20 bits per heavy atom. The van der Waals surface area contributed by atoms with Crippen LogP contribution >= 0.6 is 0 Å². The lowest BCUT2D eigenvalue weighted by Gasteiger charge is -2.31. The first-order chi connectivity index (χ1) is 7.19. The SMILES string of the molecule is CC[C@@H]1OC(=O)[C@@H]2[C@H]1C=C[C@H](C)[C@@H]2CO. The molecule has 0 amide bonds. The topological polar surface area (TPSA) is 46.5 Å². The number of ether oxygens (including phenoxy) is 1. The standard InChI is InChI=1S/C12H18O3/c1-3-10-8-5-4-7(2)9(6-13)11(8)12(14)15-10/h4-5,7-11,13H,3,6H2,1-2H3/t7-,8-,9-,10-,11+/m0/s1. The first-order valence-electron chi connectivity index (χ1n) is 5.68. The van der Waals surface area contributed by atoms with Gasteiger partial charge in [-0.25, -0.2) is 0 Å². The Hall–Kier alpha value is -0.830. The third-order valence-corrected chi connectivity index (χ3v) is 3.77. The maximum Gasteiger partial charge on any atom is 0.310 e. The predicted molar refractivity (Wildman–Crippen MR) is 56.0 cm³/mol. The normalized spacial score (nSPS) is 43.9. The molecule has 0 unspecified atom stereocenters. The van der Waals surface area contributed by atoms with Crippen molar-refractivity contribution in [2.45, 2.75) is 26.4 Å². The van der Waals surface area contributed by atoms with E-state index in [2.05, 4.69) is 12.2 Å².